The van der Waals surface area contributed by atoms with E-state index in [-0.39, 0.29) is 11.9 Å². The molecule has 1 aliphatic heterocycles. The number of para-hydroxylation sites is 1. The summed E-state index contributed by atoms with van der Waals surface area (Å²) in [6.45, 7) is 7.26. The molecule has 2 N–H and O–H groups in total. The molecule has 21 heavy (non-hydrogen) atoms. The standard InChI is InChI=1S/C18H28N2O/c1-4-5-10-15-11-7-12-19-17(15)18(21)20-16-13(2)8-6-9-14(16)3/h6,8-9,15,17,19H,4-5,7,10-12H2,1-3H3,(H,20,21). The summed E-state index contributed by atoms with van der Waals surface area (Å²) >= 11 is 0. The Hall–Kier alpha value is -1.35. The van der Waals surface area contributed by atoms with E-state index in [1.165, 1.54) is 19.3 Å². The first-order valence-electron chi connectivity index (χ1n) is 8.24. The van der Waals surface area contributed by atoms with Crippen LogP contribution in [0.1, 0.15) is 50.2 Å². The van der Waals surface area contributed by atoms with Crippen LogP contribution in [0.5, 0.6) is 0 Å². The molecular weight excluding hydrogens is 260 g/mol. The van der Waals surface area contributed by atoms with Gasteiger partial charge in [0, 0.05) is 5.69 Å². The van der Waals surface area contributed by atoms with Crippen LogP contribution >= 0.6 is 0 Å². The summed E-state index contributed by atoms with van der Waals surface area (Å²) in [5.74, 6) is 0.608. The Balaban J connectivity index is 2.07. The van der Waals surface area contributed by atoms with Gasteiger partial charge in [0.05, 0.1) is 6.04 Å². The summed E-state index contributed by atoms with van der Waals surface area (Å²) in [6.07, 6.45) is 5.90. The fraction of sp³-hybridized carbons (Fsp3) is 0.611. The summed E-state index contributed by atoms with van der Waals surface area (Å²) in [7, 11) is 0. The average Bonchev–Trinajstić information content (AvgIpc) is 2.49. The van der Waals surface area contributed by atoms with Crippen LogP contribution in [0.15, 0.2) is 18.2 Å². The van der Waals surface area contributed by atoms with Crippen LogP contribution in [0.3, 0.4) is 0 Å². The quantitative estimate of drug-likeness (QED) is 0.865. The van der Waals surface area contributed by atoms with Gasteiger partial charge in [0.15, 0.2) is 0 Å². The average molecular weight is 288 g/mol. The Bertz CT molecular complexity index is 464. The molecule has 1 aliphatic rings. The highest BCUT2D eigenvalue weighted by Gasteiger charge is 2.30. The number of unbranched alkanes of at least 4 members (excludes halogenated alkanes) is 1. The summed E-state index contributed by atoms with van der Waals surface area (Å²) < 4.78 is 0. The van der Waals surface area contributed by atoms with Crippen molar-refractivity contribution >= 4 is 11.6 Å². The minimum Gasteiger partial charge on any atom is -0.324 e. The van der Waals surface area contributed by atoms with E-state index in [1.807, 2.05) is 32.0 Å². The van der Waals surface area contributed by atoms with Crippen molar-refractivity contribution in [3.05, 3.63) is 29.3 Å². The van der Waals surface area contributed by atoms with Gasteiger partial charge in [-0.15, -0.1) is 0 Å². The number of rotatable bonds is 5. The molecule has 116 valence electrons. The highest BCUT2D eigenvalue weighted by molar-refractivity contribution is 5.96. The van der Waals surface area contributed by atoms with Crippen LogP contribution < -0.4 is 10.6 Å². The highest BCUT2D eigenvalue weighted by Crippen LogP contribution is 2.25. The monoisotopic (exact) mass is 288 g/mol. The number of hydrogen-bond donors (Lipinski definition) is 2. The molecule has 0 bridgehead atoms. The number of amides is 1. The number of nitrogens with one attached hydrogen (secondary N) is 2. The summed E-state index contributed by atoms with van der Waals surface area (Å²) in [4.78, 5) is 12.7. The van der Waals surface area contributed by atoms with Gasteiger partial charge in [0.25, 0.3) is 0 Å². The first-order valence-corrected chi connectivity index (χ1v) is 8.24. The van der Waals surface area contributed by atoms with Gasteiger partial charge in [-0.05, 0) is 56.7 Å². The Morgan fingerprint density at radius 3 is 2.71 bits per heavy atom. The van der Waals surface area contributed by atoms with E-state index in [0.29, 0.717) is 5.92 Å². The molecule has 2 unspecified atom stereocenters. The Kier molecular flexibility index (Phi) is 5.80. The second kappa shape index (κ2) is 7.60. The number of carbonyl (C=O) groups is 1. The van der Waals surface area contributed by atoms with Gasteiger partial charge in [-0.2, -0.15) is 0 Å². The van der Waals surface area contributed by atoms with Crippen LogP contribution in [-0.4, -0.2) is 18.5 Å². The minimum absolute atomic E-state index is 0.0377. The van der Waals surface area contributed by atoms with Crippen LogP contribution in [0.2, 0.25) is 0 Å². The molecule has 2 rings (SSSR count). The van der Waals surface area contributed by atoms with E-state index in [4.69, 9.17) is 0 Å². The SMILES string of the molecule is CCCCC1CCCNC1C(=O)Nc1c(C)cccc1C. The minimum atomic E-state index is -0.0377. The van der Waals surface area contributed by atoms with E-state index in [1.54, 1.807) is 0 Å². The van der Waals surface area contributed by atoms with Gasteiger partial charge in [0.2, 0.25) is 5.91 Å². The molecule has 1 fully saturated rings. The number of benzene rings is 1. The molecule has 0 saturated carbocycles. The molecule has 1 saturated heterocycles. The van der Waals surface area contributed by atoms with Gasteiger partial charge in [0.1, 0.15) is 0 Å². The second-order valence-electron chi connectivity index (χ2n) is 6.23. The molecule has 3 heteroatoms. The van der Waals surface area contributed by atoms with E-state index in [2.05, 4.69) is 17.6 Å². The zero-order chi connectivity index (χ0) is 15.2. The second-order valence-corrected chi connectivity index (χ2v) is 6.23. The third kappa shape index (κ3) is 4.07. The number of anilines is 1. The van der Waals surface area contributed by atoms with Crippen molar-refractivity contribution < 1.29 is 4.79 Å². The van der Waals surface area contributed by atoms with Crippen LogP contribution in [0.4, 0.5) is 5.69 Å². The molecule has 1 aromatic rings. The number of carbonyl (C=O) groups excluding carboxylic acids is 1. The Morgan fingerprint density at radius 2 is 2.05 bits per heavy atom. The predicted molar refractivity (Wildman–Crippen MR) is 88.6 cm³/mol. The number of hydrogen-bond acceptors (Lipinski definition) is 2. The lowest BCUT2D eigenvalue weighted by molar-refractivity contribution is -0.120. The topological polar surface area (TPSA) is 41.1 Å². The van der Waals surface area contributed by atoms with Gasteiger partial charge in [-0.1, -0.05) is 38.0 Å². The van der Waals surface area contributed by atoms with Gasteiger partial charge < -0.3 is 10.6 Å². The maximum absolute atomic E-state index is 12.7. The molecule has 1 amide bonds. The largest absolute Gasteiger partial charge is 0.324 e. The lowest BCUT2D eigenvalue weighted by Crippen LogP contribution is -2.49. The first kappa shape index (κ1) is 16.0. The lowest BCUT2D eigenvalue weighted by Gasteiger charge is -2.32. The van der Waals surface area contributed by atoms with Crippen molar-refractivity contribution in [1.29, 1.82) is 0 Å². The molecule has 0 aliphatic carbocycles. The van der Waals surface area contributed by atoms with Gasteiger partial charge in [-0.25, -0.2) is 0 Å². The number of aryl methyl sites for hydroxylation is 2. The van der Waals surface area contributed by atoms with Crippen molar-refractivity contribution in [3.63, 3.8) is 0 Å². The summed E-state index contributed by atoms with van der Waals surface area (Å²) in [5, 5.41) is 6.58. The van der Waals surface area contributed by atoms with Crippen molar-refractivity contribution in [3.8, 4) is 0 Å². The van der Waals surface area contributed by atoms with Crippen LogP contribution in [0, 0.1) is 19.8 Å². The normalized spacial score (nSPS) is 22.0. The van der Waals surface area contributed by atoms with Crippen molar-refractivity contribution in [2.24, 2.45) is 5.92 Å². The molecular formula is C18H28N2O. The van der Waals surface area contributed by atoms with Gasteiger partial charge >= 0.3 is 0 Å². The van der Waals surface area contributed by atoms with E-state index in [9.17, 15) is 4.79 Å². The summed E-state index contributed by atoms with van der Waals surface area (Å²) in [5.41, 5.74) is 3.23. The van der Waals surface area contributed by atoms with E-state index < -0.39 is 0 Å². The Labute approximate surface area is 128 Å². The van der Waals surface area contributed by atoms with E-state index in [0.717, 1.165) is 36.2 Å². The fourth-order valence-electron chi connectivity index (χ4n) is 3.25. The maximum Gasteiger partial charge on any atom is 0.241 e. The van der Waals surface area contributed by atoms with Crippen molar-refractivity contribution in [1.82, 2.24) is 5.32 Å². The van der Waals surface area contributed by atoms with Crippen LogP contribution in [0.25, 0.3) is 0 Å². The van der Waals surface area contributed by atoms with E-state index >= 15 is 0 Å². The first-order chi connectivity index (χ1) is 10.1. The molecule has 3 nitrogen and oxygen atoms in total. The third-order valence-electron chi connectivity index (χ3n) is 4.53. The van der Waals surface area contributed by atoms with Crippen molar-refractivity contribution in [2.75, 3.05) is 11.9 Å². The third-order valence-corrected chi connectivity index (χ3v) is 4.53. The molecule has 0 spiro atoms. The smallest absolute Gasteiger partial charge is 0.241 e. The van der Waals surface area contributed by atoms with Crippen LogP contribution in [-0.2, 0) is 4.79 Å². The fourth-order valence-corrected chi connectivity index (χ4v) is 3.25. The zero-order valence-electron chi connectivity index (χ0n) is 13.5. The van der Waals surface area contributed by atoms with Crippen molar-refractivity contribution in [2.45, 2.75) is 58.9 Å². The molecule has 2 atom stereocenters. The summed E-state index contributed by atoms with van der Waals surface area (Å²) in [6, 6.07) is 6.09. The van der Waals surface area contributed by atoms with Gasteiger partial charge in [-0.3, -0.25) is 4.79 Å². The predicted octanol–water partition coefficient (Wildman–Crippen LogP) is 3.80. The molecule has 0 aromatic heterocycles. The zero-order valence-corrected chi connectivity index (χ0v) is 13.5. The molecule has 0 radical (unpaired) electrons. The lowest BCUT2D eigenvalue weighted by atomic mass is 9.86. The Morgan fingerprint density at radius 1 is 1.33 bits per heavy atom. The highest BCUT2D eigenvalue weighted by atomic mass is 16.2. The molecule has 1 heterocycles. The number of piperidine rings is 1. The maximum atomic E-state index is 12.7. The molecule has 1 aromatic carbocycles.